The molecule has 1 aliphatic carbocycles. The number of nitrogens with two attached hydrogens (primary N) is 1. The monoisotopic (exact) mass is 261 g/mol. The van der Waals surface area contributed by atoms with Gasteiger partial charge in [0.2, 0.25) is 5.91 Å². The van der Waals surface area contributed by atoms with Gasteiger partial charge in [-0.2, -0.15) is 0 Å². The van der Waals surface area contributed by atoms with Crippen LogP contribution in [0.4, 0.5) is 11.4 Å². The summed E-state index contributed by atoms with van der Waals surface area (Å²) in [6.07, 6.45) is 4.14. The molecular weight excluding hydrogens is 246 g/mol. The molecule has 0 aliphatic heterocycles. The lowest BCUT2D eigenvalue weighted by atomic mass is 10.1. The van der Waals surface area contributed by atoms with Crippen LogP contribution in [0.5, 0.6) is 0 Å². The van der Waals surface area contributed by atoms with Crippen LogP contribution in [0.25, 0.3) is 0 Å². The molecule has 19 heavy (non-hydrogen) atoms. The summed E-state index contributed by atoms with van der Waals surface area (Å²) in [6, 6.07) is 4.52. The van der Waals surface area contributed by atoms with E-state index in [1.807, 2.05) is 0 Å². The van der Waals surface area contributed by atoms with Crippen molar-refractivity contribution in [1.82, 2.24) is 0 Å². The van der Waals surface area contributed by atoms with Gasteiger partial charge in [-0.1, -0.05) is 18.2 Å². The highest BCUT2D eigenvalue weighted by Gasteiger charge is 2.24. The Morgan fingerprint density at radius 3 is 2.79 bits per heavy atom. The minimum Gasteiger partial charge on any atom is -0.325 e. The Labute approximate surface area is 110 Å². The number of hydrogen-bond acceptors (Lipinski definition) is 4. The van der Waals surface area contributed by atoms with Crippen molar-refractivity contribution in [3.63, 3.8) is 0 Å². The number of hydrogen-bond donors (Lipinski definition) is 2. The summed E-state index contributed by atoms with van der Waals surface area (Å²) in [5, 5.41) is 13.5. The summed E-state index contributed by atoms with van der Waals surface area (Å²) >= 11 is 0. The topological polar surface area (TPSA) is 98.3 Å². The van der Waals surface area contributed by atoms with Crippen molar-refractivity contribution in [3.05, 3.63) is 46.0 Å². The molecule has 3 N–H and O–H groups in total. The fourth-order valence-electron chi connectivity index (χ4n) is 2.10. The van der Waals surface area contributed by atoms with Gasteiger partial charge in [-0.25, -0.2) is 0 Å². The summed E-state index contributed by atoms with van der Waals surface area (Å²) in [7, 11) is 0. The molecule has 0 radical (unpaired) electrons. The zero-order valence-corrected chi connectivity index (χ0v) is 10.5. The van der Waals surface area contributed by atoms with Crippen molar-refractivity contribution < 1.29 is 9.72 Å². The standard InChI is InChI=1S/C13H15N3O3/c1-8-11(3-2-4-12(8)16(18)19)15-13(17)9-5-6-10(14)7-9/h2-6,9-10H,7,14H2,1H3,(H,15,17). The molecule has 6 nitrogen and oxygen atoms in total. The van der Waals surface area contributed by atoms with E-state index in [-0.39, 0.29) is 23.6 Å². The summed E-state index contributed by atoms with van der Waals surface area (Å²) < 4.78 is 0. The van der Waals surface area contributed by atoms with E-state index in [1.54, 1.807) is 31.2 Å². The highest BCUT2D eigenvalue weighted by molar-refractivity contribution is 5.95. The Morgan fingerprint density at radius 1 is 1.47 bits per heavy atom. The van der Waals surface area contributed by atoms with Crippen molar-refractivity contribution in [2.75, 3.05) is 5.32 Å². The van der Waals surface area contributed by atoms with Crippen LogP contribution in [-0.4, -0.2) is 16.9 Å². The summed E-state index contributed by atoms with van der Waals surface area (Å²) in [5.41, 5.74) is 6.61. The zero-order chi connectivity index (χ0) is 14.0. The van der Waals surface area contributed by atoms with Crippen molar-refractivity contribution >= 4 is 17.3 Å². The van der Waals surface area contributed by atoms with Gasteiger partial charge in [0, 0.05) is 12.1 Å². The van der Waals surface area contributed by atoms with Gasteiger partial charge in [-0.15, -0.1) is 0 Å². The van der Waals surface area contributed by atoms with Crippen LogP contribution in [0.3, 0.4) is 0 Å². The lowest BCUT2D eigenvalue weighted by Crippen LogP contribution is -2.24. The number of carbonyl (C=O) groups excluding carboxylic acids is 1. The van der Waals surface area contributed by atoms with Gasteiger partial charge in [0.1, 0.15) is 0 Å². The minimum atomic E-state index is -0.462. The Morgan fingerprint density at radius 2 is 2.21 bits per heavy atom. The quantitative estimate of drug-likeness (QED) is 0.492. The van der Waals surface area contributed by atoms with E-state index in [4.69, 9.17) is 5.73 Å². The lowest BCUT2D eigenvalue weighted by molar-refractivity contribution is -0.385. The predicted molar refractivity (Wildman–Crippen MR) is 71.7 cm³/mol. The van der Waals surface area contributed by atoms with Crippen molar-refractivity contribution in [2.45, 2.75) is 19.4 Å². The maximum Gasteiger partial charge on any atom is 0.274 e. The van der Waals surface area contributed by atoms with Crippen LogP contribution in [0.2, 0.25) is 0 Å². The maximum atomic E-state index is 12.0. The van der Waals surface area contributed by atoms with Crippen LogP contribution in [-0.2, 0) is 4.79 Å². The van der Waals surface area contributed by atoms with E-state index >= 15 is 0 Å². The van der Waals surface area contributed by atoms with Gasteiger partial charge >= 0.3 is 0 Å². The van der Waals surface area contributed by atoms with E-state index in [0.29, 0.717) is 17.7 Å². The molecule has 0 fully saturated rings. The first kappa shape index (κ1) is 13.2. The molecule has 1 aromatic carbocycles. The highest BCUT2D eigenvalue weighted by Crippen LogP contribution is 2.26. The van der Waals surface area contributed by atoms with Crippen molar-refractivity contribution in [2.24, 2.45) is 11.7 Å². The Bertz CT molecular complexity index is 554. The molecule has 0 saturated heterocycles. The average molecular weight is 261 g/mol. The second kappa shape index (κ2) is 5.19. The van der Waals surface area contributed by atoms with E-state index in [2.05, 4.69) is 5.32 Å². The van der Waals surface area contributed by atoms with Gasteiger partial charge in [0.25, 0.3) is 5.69 Å². The van der Waals surface area contributed by atoms with Gasteiger partial charge in [0.05, 0.1) is 22.1 Å². The molecule has 100 valence electrons. The molecule has 1 aliphatic rings. The number of nitro groups is 1. The second-order valence-corrected chi connectivity index (χ2v) is 4.59. The van der Waals surface area contributed by atoms with Crippen molar-refractivity contribution in [3.8, 4) is 0 Å². The predicted octanol–water partition coefficient (Wildman–Crippen LogP) is 1.75. The third-order valence-corrected chi connectivity index (χ3v) is 3.21. The molecule has 0 spiro atoms. The normalized spacial score (nSPS) is 21.4. The number of rotatable bonds is 3. The largest absolute Gasteiger partial charge is 0.325 e. The number of carbonyl (C=O) groups is 1. The molecule has 0 bridgehead atoms. The number of nitro benzene ring substituents is 1. The van der Waals surface area contributed by atoms with Gasteiger partial charge in [0.15, 0.2) is 0 Å². The molecule has 0 saturated carbocycles. The van der Waals surface area contributed by atoms with Crippen LogP contribution >= 0.6 is 0 Å². The third-order valence-electron chi connectivity index (χ3n) is 3.21. The Kier molecular flexibility index (Phi) is 3.62. The molecule has 2 rings (SSSR count). The van der Waals surface area contributed by atoms with Crippen molar-refractivity contribution in [1.29, 1.82) is 0 Å². The van der Waals surface area contributed by atoms with E-state index < -0.39 is 4.92 Å². The van der Waals surface area contributed by atoms with Crippen LogP contribution < -0.4 is 11.1 Å². The summed E-state index contributed by atoms with van der Waals surface area (Å²) in [5.74, 6) is -0.457. The van der Waals surface area contributed by atoms with E-state index in [9.17, 15) is 14.9 Å². The van der Waals surface area contributed by atoms with E-state index in [0.717, 1.165) is 0 Å². The molecule has 1 aromatic rings. The second-order valence-electron chi connectivity index (χ2n) is 4.59. The molecule has 6 heteroatoms. The average Bonchev–Trinajstić information content (AvgIpc) is 2.78. The Balaban J connectivity index is 2.16. The first-order valence-corrected chi connectivity index (χ1v) is 5.98. The summed E-state index contributed by atoms with van der Waals surface area (Å²) in [4.78, 5) is 22.4. The SMILES string of the molecule is Cc1c(NC(=O)C2C=CC(N)C2)cccc1[N+](=O)[O-]. The number of nitrogens with one attached hydrogen (secondary N) is 1. The smallest absolute Gasteiger partial charge is 0.274 e. The van der Waals surface area contributed by atoms with Gasteiger partial charge in [-0.3, -0.25) is 14.9 Å². The highest BCUT2D eigenvalue weighted by atomic mass is 16.6. The zero-order valence-electron chi connectivity index (χ0n) is 10.5. The molecule has 1 amide bonds. The number of anilines is 1. The summed E-state index contributed by atoms with van der Waals surface area (Å²) in [6.45, 7) is 1.62. The molecule has 0 heterocycles. The van der Waals surface area contributed by atoms with Crippen LogP contribution in [0.15, 0.2) is 30.4 Å². The maximum absolute atomic E-state index is 12.0. The van der Waals surface area contributed by atoms with Gasteiger partial charge in [-0.05, 0) is 19.4 Å². The molecular formula is C13H15N3O3. The minimum absolute atomic E-state index is 0.00327. The fraction of sp³-hybridized carbons (Fsp3) is 0.308. The molecule has 2 atom stereocenters. The van der Waals surface area contributed by atoms with Gasteiger partial charge < -0.3 is 11.1 Å². The number of benzene rings is 1. The van der Waals surface area contributed by atoms with Crippen LogP contribution in [0.1, 0.15) is 12.0 Å². The lowest BCUT2D eigenvalue weighted by Gasteiger charge is -2.12. The first-order valence-electron chi connectivity index (χ1n) is 5.98. The molecule has 0 aromatic heterocycles. The van der Waals surface area contributed by atoms with Crippen LogP contribution in [0, 0.1) is 23.0 Å². The fourth-order valence-corrected chi connectivity index (χ4v) is 2.10. The number of nitrogens with zero attached hydrogens (tertiary/aromatic N) is 1. The number of amides is 1. The Hall–Kier alpha value is -2.21. The molecule has 2 unspecified atom stereocenters. The van der Waals surface area contributed by atoms with E-state index in [1.165, 1.54) is 6.07 Å². The third kappa shape index (κ3) is 2.79. The first-order chi connectivity index (χ1) is 8.99.